The Morgan fingerprint density at radius 1 is 1.00 bits per heavy atom. The second-order valence-electron chi connectivity index (χ2n) is 6.99. The molecule has 2 fully saturated rings. The summed E-state index contributed by atoms with van der Waals surface area (Å²) >= 11 is 0. The normalized spacial score (nSPS) is 17.4. The average Bonchev–Trinajstić information content (AvgIpc) is 3.12. The summed E-state index contributed by atoms with van der Waals surface area (Å²) in [5.74, 6) is 1.01. The summed E-state index contributed by atoms with van der Waals surface area (Å²) < 4.78 is 5.11. The predicted octanol–water partition coefficient (Wildman–Crippen LogP) is 1.38. The van der Waals surface area contributed by atoms with Crippen LogP contribution in [0.15, 0.2) is 24.3 Å². The molecule has 2 aliphatic rings. The van der Waals surface area contributed by atoms with Crippen LogP contribution in [0.1, 0.15) is 36.0 Å². The Bertz CT molecular complexity index is 681. The topological polar surface area (TPSA) is 70.2 Å². The number of rotatable bonds is 6. The van der Waals surface area contributed by atoms with Crippen molar-refractivity contribution in [2.75, 3.05) is 46.4 Å². The third kappa shape index (κ3) is 4.78. The van der Waals surface area contributed by atoms with Gasteiger partial charge in [-0.1, -0.05) is 0 Å². The molecule has 146 valence electrons. The monoisotopic (exact) mass is 373 g/mol. The van der Waals surface area contributed by atoms with E-state index in [4.69, 9.17) is 4.74 Å². The van der Waals surface area contributed by atoms with E-state index in [2.05, 4.69) is 0 Å². The molecule has 2 saturated heterocycles. The van der Waals surface area contributed by atoms with Crippen molar-refractivity contribution in [1.82, 2.24) is 14.7 Å². The van der Waals surface area contributed by atoms with E-state index in [1.807, 2.05) is 9.80 Å². The summed E-state index contributed by atoms with van der Waals surface area (Å²) in [5.41, 5.74) is 0.630. The Morgan fingerprint density at radius 2 is 1.67 bits per heavy atom. The van der Waals surface area contributed by atoms with Gasteiger partial charge in [0.05, 0.1) is 7.11 Å². The highest BCUT2D eigenvalue weighted by atomic mass is 16.5. The molecule has 3 rings (SSSR count). The Hall–Kier alpha value is -2.57. The molecule has 0 saturated carbocycles. The van der Waals surface area contributed by atoms with Crippen molar-refractivity contribution < 1.29 is 19.1 Å². The fraction of sp³-hybridized carbons (Fsp3) is 0.550. The summed E-state index contributed by atoms with van der Waals surface area (Å²) in [6.07, 6.45) is 2.72. The minimum Gasteiger partial charge on any atom is -0.497 e. The van der Waals surface area contributed by atoms with Crippen LogP contribution in [0.25, 0.3) is 0 Å². The first kappa shape index (κ1) is 19.2. The number of carbonyl (C=O) groups is 3. The molecule has 7 heteroatoms. The second kappa shape index (κ2) is 8.88. The zero-order valence-electron chi connectivity index (χ0n) is 15.9. The summed E-state index contributed by atoms with van der Waals surface area (Å²) in [4.78, 5) is 42.0. The van der Waals surface area contributed by atoms with Gasteiger partial charge in [-0.2, -0.15) is 0 Å². The number of likely N-dealkylation sites (tertiary alicyclic amines) is 1. The molecular weight excluding hydrogens is 346 g/mol. The highest BCUT2D eigenvalue weighted by Gasteiger charge is 2.25. The van der Waals surface area contributed by atoms with E-state index in [0.29, 0.717) is 57.5 Å². The lowest BCUT2D eigenvalue weighted by atomic mass is 10.1. The van der Waals surface area contributed by atoms with Gasteiger partial charge in [0.2, 0.25) is 11.8 Å². The standard InChI is InChI=1S/C20H27N3O4/c1-27-17-8-6-16(7-9-17)20(26)23-14-12-22(13-15-23)19(25)5-3-11-21-10-2-4-18(21)24/h6-9H,2-5,10-15H2,1H3. The maximum Gasteiger partial charge on any atom is 0.253 e. The molecule has 0 unspecified atom stereocenters. The highest BCUT2D eigenvalue weighted by molar-refractivity contribution is 5.94. The molecule has 0 atom stereocenters. The fourth-order valence-electron chi connectivity index (χ4n) is 3.59. The Balaban J connectivity index is 1.41. The quantitative estimate of drug-likeness (QED) is 0.755. The summed E-state index contributed by atoms with van der Waals surface area (Å²) in [6, 6.07) is 7.08. The van der Waals surface area contributed by atoms with Crippen molar-refractivity contribution >= 4 is 17.7 Å². The van der Waals surface area contributed by atoms with E-state index in [9.17, 15) is 14.4 Å². The maximum absolute atomic E-state index is 12.6. The smallest absolute Gasteiger partial charge is 0.253 e. The van der Waals surface area contributed by atoms with Crippen molar-refractivity contribution in [3.8, 4) is 5.75 Å². The first-order valence-electron chi connectivity index (χ1n) is 9.57. The molecule has 27 heavy (non-hydrogen) atoms. The third-order valence-electron chi connectivity index (χ3n) is 5.25. The second-order valence-corrected chi connectivity index (χ2v) is 6.99. The number of ether oxygens (including phenoxy) is 1. The van der Waals surface area contributed by atoms with Crippen molar-refractivity contribution in [2.24, 2.45) is 0 Å². The van der Waals surface area contributed by atoms with Crippen molar-refractivity contribution in [3.63, 3.8) is 0 Å². The van der Waals surface area contributed by atoms with Crippen LogP contribution < -0.4 is 4.74 Å². The number of hydrogen-bond acceptors (Lipinski definition) is 4. The van der Waals surface area contributed by atoms with Gasteiger partial charge in [0.1, 0.15) is 5.75 Å². The lowest BCUT2D eigenvalue weighted by Crippen LogP contribution is -2.50. The zero-order chi connectivity index (χ0) is 19.2. The van der Waals surface area contributed by atoms with Crippen LogP contribution in [0, 0.1) is 0 Å². The number of piperazine rings is 1. The summed E-state index contributed by atoms with van der Waals surface area (Å²) in [7, 11) is 1.59. The molecule has 7 nitrogen and oxygen atoms in total. The lowest BCUT2D eigenvalue weighted by Gasteiger charge is -2.35. The first-order chi connectivity index (χ1) is 13.1. The molecule has 3 amide bonds. The number of carbonyl (C=O) groups excluding carboxylic acids is 3. The minimum absolute atomic E-state index is 0.0164. The predicted molar refractivity (Wildman–Crippen MR) is 101 cm³/mol. The van der Waals surface area contributed by atoms with Crippen LogP contribution >= 0.6 is 0 Å². The Labute approximate surface area is 159 Å². The minimum atomic E-state index is -0.0164. The van der Waals surface area contributed by atoms with Crippen LogP contribution in [0.4, 0.5) is 0 Å². The van der Waals surface area contributed by atoms with Gasteiger partial charge in [0.25, 0.3) is 5.91 Å². The van der Waals surface area contributed by atoms with Crippen molar-refractivity contribution in [2.45, 2.75) is 25.7 Å². The molecule has 0 aromatic heterocycles. The molecule has 2 heterocycles. The zero-order valence-corrected chi connectivity index (χ0v) is 15.9. The van der Waals surface area contributed by atoms with E-state index in [1.54, 1.807) is 36.3 Å². The fourth-order valence-corrected chi connectivity index (χ4v) is 3.59. The number of benzene rings is 1. The number of hydrogen-bond donors (Lipinski definition) is 0. The van der Waals surface area contributed by atoms with E-state index in [-0.39, 0.29) is 17.7 Å². The summed E-state index contributed by atoms with van der Waals surface area (Å²) in [6.45, 7) is 3.69. The molecule has 1 aromatic rings. The van der Waals surface area contributed by atoms with E-state index in [0.717, 1.165) is 18.7 Å². The molecule has 1 aromatic carbocycles. The molecule has 0 N–H and O–H groups in total. The van der Waals surface area contributed by atoms with Crippen LogP contribution in [0.2, 0.25) is 0 Å². The largest absolute Gasteiger partial charge is 0.497 e. The van der Waals surface area contributed by atoms with Gasteiger partial charge in [-0.05, 0) is 37.1 Å². The molecule has 0 spiro atoms. The Morgan fingerprint density at radius 3 is 2.26 bits per heavy atom. The first-order valence-corrected chi connectivity index (χ1v) is 9.57. The maximum atomic E-state index is 12.6. The van der Waals surface area contributed by atoms with Crippen LogP contribution in [-0.4, -0.2) is 78.8 Å². The van der Waals surface area contributed by atoms with Gasteiger partial charge in [-0.15, -0.1) is 0 Å². The van der Waals surface area contributed by atoms with Crippen molar-refractivity contribution in [1.29, 1.82) is 0 Å². The average molecular weight is 373 g/mol. The van der Waals surface area contributed by atoms with Crippen LogP contribution in [0.5, 0.6) is 5.75 Å². The summed E-state index contributed by atoms with van der Waals surface area (Å²) in [5, 5.41) is 0. The van der Waals surface area contributed by atoms with Crippen LogP contribution in [-0.2, 0) is 9.59 Å². The number of nitrogens with zero attached hydrogens (tertiary/aromatic N) is 3. The molecule has 0 radical (unpaired) electrons. The van der Waals surface area contributed by atoms with Gasteiger partial charge in [0.15, 0.2) is 0 Å². The lowest BCUT2D eigenvalue weighted by molar-refractivity contribution is -0.133. The van der Waals surface area contributed by atoms with E-state index in [1.165, 1.54) is 0 Å². The van der Waals surface area contributed by atoms with Crippen molar-refractivity contribution in [3.05, 3.63) is 29.8 Å². The molecule has 0 aliphatic carbocycles. The van der Waals surface area contributed by atoms with Gasteiger partial charge >= 0.3 is 0 Å². The van der Waals surface area contributed by atoms with Gasteiger partial charge < -0.3 is 19.4 Å². The third-order valence-corrected chi connectivity index (χ3v) is 5.25. The van der Waals surface area contributed by atoms with Gasteiger partial charge in [-0.25, -0.2) is 0 Å². The van der Waals surface area contributed by atoms with Gasteiger partial charge in [0, 0.05) is 57.7 Å². The SMILES string of the molecule is COc1ccc(C(=O)N2CCN(C(=O)CCCN3CCCC3=O)CC2)cc1. The molecule has 0 bridgehead atoms. The van der Waals surface area contributed by atoms with Crippen LogP contribution in [0.3, 0.4) is 0 Å². The molecule has 2 aliphatic heterocycles. The Kier molecular flexibility index (Phi) is 6.32. The number of amides is 3. The van der Waals surface area contributed by atoms with E-state index < -0.39 is 0 Å². The van der Waals surface area contributed by atoms with E-state index >= 15 is 0 Å². The highest BCUT2D eigenvalue weighted by Crippen LogP contribution is 2.15. The van der Waals surface area contributed by atoms with Gasteiger partial charge in [-0.3, -0.25) is 14.4 Å². The number of methoxy groups -OCH3 is 1. The molecular formula is C20H27N3O4.